The van der Waals surface area contributed by atoms with Crippen LogP contribution in [0.4, 0.5) is 0 Å². The lowest BCUT2D eigenvalue weighted by Crippen LogP contribution is -2.24. The van der Waals surface area contributed by atoms with E-state index in [4.69, 9.17) is 10.00 Å². The van der Waals surface area contributed by atoms with Gasteiger partial charge in [0.05, 0.1) is 16.5 Å². The molecule has 1 aromatic carbocycles. The zero-order chi connectivity index (χ0) is 16.4. The molecule has 0 spiro atoms. The van der Waals surface area contributed by atoms with E-state index >= 15 is 0 Å². The van der Waals surface area contributed by atoms with Crippen molar-refractivity contribution in [3.05, 3.63) is 39.9 Å². The number of aromatic nitrogens is 2. The number of esters is 1. The number of hydrogen-bond acceptors (Lipinski definition) is 5. The second kappa shape index (κ2) is 6.21. The minimum atomic E-state index is -0.816. The zero-order valence-corrected chi connectivity index (χ0v) is 12.9. The average molecular weight is 311 g/mol. The SMILES string of the molecule is C[C@H](C#N)OC(=O)c1ccc2c(=O)n3c(nc2c1)CCCCC3. The average Bonchev–Trinajstić information content (AvgIpc) is 2.80. The van der Waals surface area contributed by atoms with Crippen LogP contribution in [-0.2, 0) is 17.7 Å². The topological polar surface area (TPSA) is 85.0 Å². The summed E-state index contributed by atoms with van der Waals surface area (Å²) in [4.78, 5) is 29.2. The third kappa shape index (κ3) is 2.95. The molecule has 0 fully saturated rings. The van der Waals surface area contributed by atoms with Gasteiger partial charge in [-0.05, 0) is 38.0 Å². The molecule has 0 amide bonds. The van der Waals surface area contributed by atoms with Crippen molar-refractivity contribution in [2.45, 2.75) is 45.3 Å². The van der Waals surface area contributed by atoms with Crippen LogP contribution < -0.4 is 5.56 Å². The van der Waals surface area contributed by atoms with E-state index in [-0.39, 0.29) is 5.56 Å². The van der Waals surface area contributed by atoms with E-state index in [9.17, 15) is 9.59 Å². The van der Waals surface area contributed by atoms with E-state index in [2.05, 4.69) is 4.98 Å². The summed E-state index contributed by atoms with van der Waals surface area (Å²) >= 11 is 0. The van der Waals surface area contributed by atoms with Crippen LogP contribution in [0.2, 0.25) is 0 Å². The molecule has 2 aromatic rings. The molecule has 0 saturated heterocycles. The summed E-state index contributed by atoms with van der Waals surface area (Å²) in [6.07, 6.45) is 3.04. The van der Waals surface area contributed by atoms with Crippen molar-refractivity contribution in [2.24, 2.45) is 0 Å². The molecule has 23 heavy (non-hydrogen) atoms. The number of carbonyl (C=O) groups is 1. The molecule has 0 aliphatic carbocycles. The van der Waals surface area contributed by atoms with Gasteiger partial charge in [0.15, 0.2) is 6.10 Å². The van der Waals surface area contributed by atoms with Gasteiger partial charge in [-0.1, -0.05) is 6.42 Å². The lowest BCUT2D eigenvalue weighted by molar-refractivity contribution is 0.0435. The Morgan fingerprint density at radius 3 is 3.00 bits per heavy atom. The van der Waals surface area contributed by atoms with Crippen LogP contribution in [-0.4, -0.2) is 21.6 Å². The number of nitriles is 1. The summed E-state index contributed by atoms with van der Waals surface area (Å²) in [5, 5.41) is 9.21. The van der Waals surface area contributed by atoms with Crippen molar-refractivity contribution in [2.75, 3.05) is 0 Å². The second-order valence-electron chi connectivity index (χ2n) is 5.70. The highest BCUT2D eigenvalue weighted by Crippen LogP contribution is 2.17. The highest BCUT2D eigenvalue weighted by Gasteiger charge is 2.16. The molecule has 2 heterocycles. The Balaban J connectivity index is 2.05. The Kier molecular flexibility index (Phi) is 4.11. The van der Waals surface area contributed by atoms with E-state index in [1.54, 1.807) is 22.8 Å². The first-order valence-electron chi connectivity index (χ1n) is 7.74. The molecule has 1 aromatic heterocycles. The van der Waals surface area contributed by atoms with Gasteiger partial charge in [0.25, 0.3) is 5.56 Å². The third-order valence-electron chi connectivity index (χ3n) is 4.02. The lowest BCUT2D eigenvalue weighted by atomic mass is 10.1. The molecule has 6 heteroatoms. The van der Waals surface area contributed by atoms with Crippen molar-refractivity contribution in [3.8, 4) is 6.07 Å². The molecule has 0 bridgehead atoms. The van der Waals surface area contributed by atoms with Crippen LogP contribution >= 0.6 is 0 Å². The molecular formula is C17H17N3O3. The Morgan fingerprint density at radius 1 is 1.39 bits per heavy atom. The maximum Gasteiger partial charge on any atom is 0.339 e. The first-order chi connectivity index (χ1) is 11.1. The van der Waals surface area contributed by atoms with Crippen molar-refractivity contribution >= 4 is 16.9 Å². The molecule has 0 unspecified atom stereocenters. The summed E-state index contributed by atoms with van der Waals surface area (Å²) in [5.74, 6) is 0.189. The van der Waals surface area contributed by atoms with Crippen LogP contribution in [0.25, 0.3) is 10.9 Å². The number of carbonyl (C=O) groups excluding carboxylic acids is 1. The number of rotatable bonds is 2. The molecule has 0 saturated carbocycles. The zero-order valence-electron chi connectivity index (χ0n) is 12.9. The Hall–Kier alpha value is -2.68. The van der Waals surface area contributed by atoms with Crippen LogP contribution in [0.3, 0.4) is 0 Å². The van der Waals surface area contributed by atoms with E-state index in [0.29, 0.717) is 23.0 Å². The smallest absolute Gasteiger partial charge is 0.339 e. The standard InChI is InChI=1S/C17H17N3O3/c1-11(10-18)23-17(22)12-6-7-13-14(9-12)19-15-5-3-2-4-8-20(15)16(13)21/h6-7,9,11H,2-5,8H2,1H3/t11-/m1/s1. The number of hydrogen-bond donors (Lipinski definition) is 0. The number of aryl methyl sites for hydroxylation is 1. The first-order valence-corrected chi connectivity index (χ1v) is 7.74. The molecule has 0 N–H and O–H groups in total. The van der Waals surface area contributed by atoms with Crippen LogP contribution in [0.15, 0.2) is 23.0 Å². The normalized spacial score (nSPS) is 15.3. The van der Waals surface area contributed by atoms with E-state index in [0.717, 1.165) is 31.5 Å². The summed E-state index contributed by atoms with van der Waals surface area (Å²) in [6, 6.07) is 6.56. The van der Waals surface area contributed by atoms with E-state index < -0.39 is 12.1 Å². The highest BCUT2D eigenvalue weighted by atomic mass is 16.5. The molecule has 1 atom stereocenters. The predicted molar refractivity (Wildman–Crippen MR) is 84.0 cm³/mol. The number of benzene rings is 1. The van der Waals surface area contributed by atoms with Crippen molar-refractivity contribution < 1.29 is 9.53 Å². The van der Waals surface area contributed by atoms with Crippen molar-refractivity contribution in [1.29, 1.82) is 5.26 Å². The van der Waals surface area contributed by atoms with E-state index in [1.165, 1.54) is 6.92 Å². The monoisotopic (exact) mass is 311 g/mol. The minimum absolute atomic E-state index is 0.0581. The van der Waals surface area contributed by atoms with Gasteiger partial charge in [-0.15, -0.1) is 0 Å². The molecular weight excluding hydrogens is 294 g/mol. The Bertz CT molecular complexity index is 864. The van der Waals surface area contributed by atoms with Crippen LogP contribution in [0.1, 0.15) is 42.4 Å². The van der Waals surface area contributed by atoms with Gasteiger partial charge < -0.3 is 4.74 Å². The van der Waals surface area contributed by atoms with Gasteiger partial charge in [0.1, 0.15) is 11.9 Å². The van der Waals surface area contributed by atoms with Crippen molar-refractivity contribution in [1.82, 2.24) is 9.55 Å². The molecule has 1 aliphatic rings. The van der Waals surface area contributed by atoms with Crippen molar-refractivity contribution in [3.63, 3.8) is 0 Å². The minimum Gasteiger partial charge on any atom is -0.444 e. The Morgan fingerprint density at radius 2 is 2.22 bits per heavy atom. The first kappa shape index (κ1) is 15.2. The fraction of sp³-hybridized carbons (Fsp3) is 0.412. The molecule has 6 nitrogen and oxygen atoms in total. The molecule has 3 rings (SSSR count). The summed E-state index contributed by atoms with van der Waals surface area (Å²) < 4.78 is 6.73. The molecule has 0 radical (unpaired) electrons. The number of ether oxygens (including phenoxy) is 1. The Labute approximate surface area is 133 Å². The number of fused-ring (bicyclic) bond motifs is 2. The van der Waals surface area contributed by atoms with Gasteiger partial charge in [-0.2, -0.15) is 5.26 Å². The quantitative estimate of drug-likeness (QED) is 0.794. The molecule has 1 aliphatic heterocycles. The van der Waals surface area contributed by atoms with Gasteiger partial charge in [-0.3, -0.25) is 9.36 Å². The third-order valence-corrected chi connectivity index (χ3v) is 4.02. The second-order valence-corrected chi connectivity index (χ2v) is 5.70. The van der Waals surface area contributed by atoms with Gasteiger partial charge in [0.2, 0.25) is 0 Å². The van der Waals surface area contributed by atoms with Crippen LogP contribution in [0.5, 0.6) is 0 Å². The summed E-state index contributed by atoms with van der Waals surface area (Å²) in [6.45, 7) is 2.20. The predicted octanol–water partition coefficient (Wildman–Crippen LogP) is 2.19. The highest BCUT2D eigenvalue weighted by molar-refractivity contribution is 5.94. The molecule has 118 valence electrons. The van der Waals surface area contributed by atoms with E-state index in [1.807, 2.05) is 6.07 Å². The summed E-state index contributed by atoms with van der Waals surface area (Å²) in [7, 11) is 0. The van der Waals surface area contributed by atoms with Gasteiger partial charge in [-0.25, -0.2) is 9.78 Å². The summed E-state index contributed by atoms with van der Waals surface area (Å²) in [5.41, 5.74) is 0.740. The largest absolute Gasteiger partial charge is 0.444 e. The van der Waals surface area contributed by atoms with Gasteiger partial charge in [0, 0.05) is 13.0 Å². The fourth-order valence-electron chi connectivity index (χ4n) is 2.80. The maximum atomic E-state index is 12.6. The fourth-order valence-corrected chi connectivity index (χ4v) is 2.80. The lowest BCUT2D eigenvalue weighted by Gasteiger charge is -2.11. The van der Waals surface area contributed by atoms with Crippen LogP contribution in [0, 0.1) is 11.3 Å². The maximum absolute atomic E-state index is 12.6. The number of nitrogens with zero attached hydrogens (tertiary/aromatic N) is 3. The van der Waals surface area contributed by atoms with Gasteiger partial charge >= 0.3 is 5.97 Å².